The molecule has 1 nitrogen and oxygen atoms in total. The zero-order valence-electron chi connectivity index (χ0n) is 8.46. The maximum Gasteiger partial charge on any atom is 0.0393 e. The van der Waals surface area contributed by atoms with Crippen LogP contribution in [0.3, 0.4) is 0 Å². The normalized spacial score (nSPS) is 16.1. The predicted molar refractivity (Wildman–Crippen MR) is 61.8 cm³/mol. The van der Waals surface area contributed by atoms with Gasteiger partial charge >= 0.3 is 0 Å². The van der Waals surface area contributed by atoms with Crippen LogP contribution in [0, 0.1) is 0 Å². The van der Waals surface area contributed by atoms with Crippen molar-refractivity contribution in [1.82, 2.24) is 0 Å². The van der Waals surface area contributed by atoms with Gasteiger partial charge < -0.3 is 5.73 Å². The van der Waals surface area contributed by atoms with Crippen molar-refractivity contribution >= 4 is 11.3 Å². The van der Waals surface area contributed by atoms with Crippen LogP contribution in [0.2, 0.25) is 0 Å². The van der Waals surface area contributed by atoms with Crippen molar-refractivity contribution in [2.24, 2.45) is 0 Å². The molecule has 0 spiro atoms. The summed E-state index contributed by atoms with van der Waals surface area (Å²) in [6.07, 6.45) is 6.84. The molecule has 2 N–H and O–H groups in total. The molecule has 0 saturated carbocycles. The summed E-state index contributed by atoms with van der Waals surface area (Å²) in [5, 5.41) is 0. The van der Waals surface area contributed by atoms with Gasteiger partial charge in [-0.2, -0.15) is 0 Å². The lowest BCUT2D eigenvalue weighted by atomic mass is 9.92. The predicted octanol–water partition coefficient (Wildman–Crippen LogP) is 3.39. The van der Waals surface area contributed by atoms with Crippen molar-refractivity contribution in [3.8, 4) is 0 Å². The van der Waals surface area contributed by atoms with Crippen LogP contribution < -0.4 is 5.73 Å². The Balaban J connectivity index is 2.45. The van der Waals surface area contributed by atoms with E-state index in [-0.39, 0.29) is 0 Å². The first-order valence-corrected chi connectivity index (χ1v) is 5.01. The van der Waals surface area contributed by atoms with E-state index in [0.717, 1.165) is 18.5 Å². The highest BCUT2D eigenvalue weighted by Crippen LogP contribution is 2.30. The molecule has 0 saturated heterocycles. The van der Waals surface area contributed by atoms with Gasteiger partial charge in [0.25, 0.3) is 0 Å². The summed E-state index contributed by atoms with van der Waals surface area (Å²) in [5.41, 5.74) is 10.6. The molecule has 0 bridgehead atoms. The molecule has 1 aromatic rings. The van der Waals surface area contributed by atoms with E-state index >= 15 is 0 Å². The Hall–Kier alpha value is -1.50. The van der Waals surface area contributed by atoms with Gasteiger partial charge in [0.15, 0.2) is 0 Å². The first kappa shape index (κ1) is 9.07. The number of hydrogen-bond acceptors (Lipinski definition) is 1. The van der Waals surface area contributed by atoms with Crippen molar-refractivity contribution in [3.63, 3.8) is 0 Å². The van der Waals surface area contributed by atoms with E-state index in [2.05, 4.69) is 25.1 Å². The maximum absolute atomic E-state index is 5.95. The van der Waals surface area contributed by atoms with Crippen LogP contribution >= 0.6 is 0 Å². The highest BCUT2D eigenvalue weighted by atomic mass is 14.6. The number of anilines is 1. The Kier molecular flexibility index (Phi) is 2.40. The van der Waals surface area contributed by atoms with Gasteiger partial charge in [-0.05, 0) is 37.0 Å². The van der Waals surface area contributed by atoms with Crippen LogP contribution in [0.1, 0.15) is 25.3 Å². The smallest absolute Gasteiger partial charge is 0.0393 e. The van der Waals surface area contributed by atoms with Gasteiger partial charge in [0, 0.05) is 11.3 Å². The van der Waals surface area contributed by atoms with Crippen LogP contribution in [0.5, 0.6) is 0 Å². The van der Waals surface area contributed by atoms with Crippen LogP contribution in [0.25, 0.3) is 5.57 Å². The first-order chi connectivity index (χ1) is 6.79. The zero-order chi connectivity index (χ0) is 9.97. The number of allylic oxidation sites excluding steroid dienone is 4. The number of nitrogens with two attached hydrogens (primary N) is 1. The van der Waals surface area contributed by atoms with Crippen LogP contribution in [0.15, 0.2) is 42.0 Å². The fraction of sp³-hybridized carbons (Fsp3) is 0.231. The zero-order valence-corrected chi connectivity index (χ0v) is 8.46. The van der Waals surface area contributed by atoms with E-state index in [0.29, 0.717) is 0 Å². The minimum Gasteiger partial charge on any atom is -0.398 e. The molecule has 1 aliphatic rings. The van der Waals surface area contributed by atoms with Crippen molar-refractivity contribution in [2.75, 3.05) is 5.73 Å². The fourth-order valence-electron chi connectivity index (χ4n) is 1.86. The lowest BCUT2D eigenvalue weighted by Gasteiger charge is -2.14. The molecule has 0 radical (unpaired) electrons. The van der Waals surface area contributed by atoms with Gasteiger partial charge in [0.1, 0.15) is 0 Å². The minimum atomic E-state index is 0.869. The fourth-order valence-corrected chi connectivity index (χ4v) is 1.86. The lowest BCUT2D eigenvalue weighted by Crippen LogP contribution is -1.96. The van der Waals surface area contributed by atoms with E-state index in [1.807, 2.05) is 18.2 Å². The molecular formula is C13H15N. The SMILES string of the molecule is CC1=CCCC=C1c1ccccc1N. The van der Waals surface area contributed by atoms with E-state index in [1.54, 1.807) is 0 Å². The van der Waals surface area contributed by atoms with Gasteiger partial charge in [-0.25, -0.2) is 0 Å². The molecule has 1 heteroatoms. The van der Waals surface area contributed by atoms with Crippen molar-refractivity contribution in [1.29, 1.82) is 0 Å². The van der Waals surface area contributed by atoms with Crippen LogP contribution in [0.4, 0.5) is 5.69 Å². The molecule has 0 aliphatic heterocycles. The molecule has 0 atom stereocenters. The summed E-state index contributed by atoms with van der Waals surface area (Å²) < 4.78 is 0. The lowest BCUT2D eigenvalue weighted by molar-refractivity contribution is 1.02. The number of nitrogen functional groups attached to an aromatic ring is 1. The quantitative estimate of drug-likeness (QED) is 0.667. The first-order valence-electron chi connectivity index (χ1n) is 5.01. The van der Waals surface area contributed by atoms with Crippen molar-refractivity contribution in [2.45, 2.75) is 19.8 Å². The number of rotatable bonds is 1. The van der Waals surface area contributed by atoms with E-state index in [4.69, 9.17) is 5.73 Å². The average molecular weight is 185 g/mol. The molecule has 0 aromatic heterocycles. The van der Waals surface area contributed by atoms with Gasteiger partial charge in [0.2, 0.25) is 0 Å². The molecule has 1 aliphatic carbocycles. The third kappa shape index (κ3) is 1.58. The van der Waals surface area contributed by atoms with E-state index in [9.17, 15) is 0 Å². The summed E-state index contributed by atoms with van der Waals surface area (Å²) in [6, 6.07) is 8.05. The number of benzene rings is 1. The third-order valence-corrected chi connectivity index (χ3v) is 2.64. The Morgan fingerprint density at radius 1 is 1.07 bits per heavy atom. The Morgan fingerprint density at radius 3 is 2.50 bits per heavy atom. The molecule has 14 heavy (non-hydrogen) atoms. The van der Waals surface area contributed by atoms with E-state index < -0.39 is 0 Å². The molecule has 0 unspecified atom stereocenters. The summed E-state index contributed by atoms with van der Waals surface area (Å²) in [5.74, 6) is 0. The molecule has 2 rings (SSSR count). The molecule has 0 fully saturated rings. The highest BCUT2D eigenvalue weighted by molar-refractivity contribution is 5.84. The molecule has 0 amide bonds. The Bertz CT molecular complexity index is 399. The summed E-state index contributed by atoms with van der Waals surface area (Å²) in [7, 11) is 0. The van der Waals surface area contributed by atoms with Crippen molar-refractivity contribution < 1.29 is 0 Å². The molecule has 72 valence electrons. The number of para-hydroxylation sites is 1. The molecule has 1 aromatic carbocycles. The van der Waals surface area contributed by atoms with Gasteiger partial charge in [-0.3, -0.25) is 0 Å². The second kappa shape index (κ2) is 3.70. The maximum atomic E-state index is 5.95. The molecule has 0 heterocycles. The molecular weight excluding hydrogens is 170 g/mol. The van der Waals surface area contributed by atoms with Gasteiger partial charge in [0.05, 0.1) is 0 Å². The standard InChI is InChI=1S/C13H15N/c1-10-6-2-3-7-11(10)12-8-4-5-9-13(12)14/h4-9H,2-3,14H2,1H3. The number of hydrogen-bond donors (Lipinski definition) is 1. The van der Waals surface area contributed by atoms with Gasteiger partial charge in [-0.15, -0.1) is 0 Å². The van der Waals surface area contributed by atoms with Crippen molar-refractivity contribution in [3.05, 3.63) is 47.6 Å². The summed E-state index contributed by atoms with van der Waals surface area (Å²) >= 11 is 0. The van der Waals surface area contributed by atoms with Crippen LogP contribution in [-0.2, 0) is 0 Å². The second-order valence-electron chi connectivity index (χ2n) is 3.67. The van der Waals surface area contributed by atoms with Crippen LogP contribution in [-0.4, -0.2) is 0 Å². The highest BCUT2D eigenvalue weighted by Gasteiger charge is 2.08. The summed E-state index contributed by atoms with van der Waals surface area (Å²) in [4.78, 5) is 0. The monoisotopic (exact) mass is 185 g/mol. The topological polar surface area (TPSA) is 26.0 Å². The Labute approximate surface area is 84.9 Å². The van der Waals surface area contributed by atoms with Gasteiger partial charge in [-0.1, -0.05) is 30.4 Å². The van der Waals surface area contributed by atoms with E-state index in [1.165, 1.54) is 16.7 Å². The summed E-state index contributed by atoms with van der Waals surface area (Å²) in [6.45, 7) is 2.15. The average Bonchev–Trinajstić information content (AvgIpc) is 2.20. The minimum absolute atomic E-state index is 0.869. The largest absolute Gasteiger partial charge is 0.398 e. The third-order valence-electron chi connectivity index (χ3n) is 2.64. The second-order valence-corrected chi connectivity index (χ2v) is 3.67. The Morgan fingerprint density at radius 2 is 1.79 bits per heavy atom.